The molecule has 0 unspecified atom stereocenters. The molecule has 1 aromatic carbocycles. The summed E-state index contributed by atoms with van der Waals surface area (Å²) in [7, 11) is 3.04. The van der Waals surface area contributed by atoms with Crippen LogP contribution in [0.1, 0.15) is 46.6 Å². The smallest absolute Gasteiger partial charge is 0.405 e. The van der Waals surface area contributed by atoms with Crippen LogP contribution in [0, 0.1) is 0 Å². The summed E-state index contributed by atoms with van der Waals surface area (Å²) in [6, 6.07) is 8.24. The van der Waals surface area contributed by atoms with Crippen LogP contribution in [0.5, 0.6) is 5.75 Å². The Balaban J connectivity index is 0. The molecule has 2 N–H and O–H groups in total. The maximum absolute atomic E-state index is 10.0. The SMILES string of the molecule is CC(C)(C)OC(N)=O.CCCc1ccc(OC)cc1.COC(C)=O. The molecule has 0 bridgehead atoms. The van der Waals surface area contributed by atoms with Crippen LogP contribution in [0.3, 0.4) is 0 Å². The van der Waals surface area contributed by atoms with Gasteiger partial charge in [0.25, 0.3) is 0 Å². The molecule has 0 saturated carbocycles. The summed E-state index contributed by atoms with van der Waals surface area (Å²) in [4.78, 5) is 19.6. The molecule has 1 rings (SSSR count). The summed E-state index contributed by atoms with van der Waals surface area (Å²) >= 11 is 0. The quantitative estimate of drug-likeness (QED) is 0.847. The van der Waals surface area contributed by atoms with Gasteiger partial charge in [0.15, 0.2) is 0 Å². The Bertz CT molecular complexity index is 463. The number of amides is 1. The Kier molecular flexibility index (Phi) is 13.2. The molecule has 0 aliphatic carbocycles. The molecule has 1 aromatic rings. The van der Waals surface area contributed by atoms with E-state index in [1.807, 2.05) is 12.1 Å². The Hall–Kier alpha value is -2.24. The number of primary amides is 1. The van der Waals surface area contributed by atoms with Crippen molar-refractivity contribution in [2.45, 2.75) is 53.1 Å². The topological polar surface area (TPSA) is 87.8 Å². The molecule has 0 aliphatic rings. The number of hydrogen-bond donors (Lipinski definition) is 1. The molecule has 24 heavy (non-hydrogen) atoms. The number of rotatable bonds is 3. The molecule has 1 amide bonds. The van der Waals surface area contributed by atoms with Gasteiger partial charge in [-0.25, -0.2) is 4.79 Å². The molecule has 6 heteroatoms. The second-order valence-corrected chi connectivity index (χ2v) is 5.83. The number of carbonyl (C=O) groups excluding carboxylic acids is 2. The van der Waals surface area contributed by atoms with E-state index in [0.717, 1.165) is 12.2 Å². The summed E-state index contributed by atoms with van der Waals surface area (Å²) in [6.45, 7) is 8.83. The molecule has 0 aliphatic heterocycles. The van der Waals surface area contributed by atoms with E-state index in [-0.39, 0.29) is 5.97 Å². The van der Waals surface area contributed by atoms with E-state index in [1.165, 1.54) is 26.0 Å². The number of aryl methyl sites for hydroxylation is 1. The molecule has 0 aromatic heterocycles. The van der Waals surface area contributed by atoms with Gasteiger partial charge in [0, 0.05) is 6.92 Å². The van der Waals surface area contributed by atoms with E-state index in [0.29, 0.717) is 0 Å². The fraction of sp³-hybridized carbons (Fsp3) is 0.556. The van der Waals surface area contributed by atoms with Crippen molar-refractivity contribution in [2.75, 3.05) is 14.2 Å². The molecule has 0 spiro atoms. The molecule has 0 radical (unpaired) electrons. The monoisotopic (exact) mass is 341 g/mol. The average Bonchev–Trinajstić information content (AvgIpc) is 2.47. The minimum absolute atomic E-state index is 0.245. The maximum atomic E-state index is 10.0. The first-order valence-electron chi connectivity index (χ1n) is 7.71. The third-order valence-electron chi connectivity index (χ3n) is 2.39. The highest BCUT2D eigenvalue weighted by atomic mass is 16.6. The lowest BCUT2D eigenvalue weighted by Gasteiger charge is -2.16. The number of esters is 1. The van der Waals surface area contributed by atoms with Gasteiger partial charge in [-0.1, -0.05) is 25.5 Å². The first kappa shape index (κ1) is 24.0. The van der Waals surface area contributed by atoms with Crippen LogP contribution in [-0.2, 0) is 20.7 Å². The van der Waals surface area contributed by atoms with E-state index in [1.54, 1.807) is 27.9 Å². The third-order valence-corrected chi connectivity index (χ3v) is 2.39. The number of methoxy groups -OCH3 is 2. The zero-order chi connectivity index (χ0) is 19.2. The van der Waals surface area contributed by atoms with Gasteiger partial charge < -0.3 is 19.9 Å². The van der Waals surface area contributed by atoms with Gasteiger partial charge in [-0.15, -0.1) is 0 Å². The van der Waals surface area contributed by atoms with E-state index in [4.69, 9.17) is 10.5 Å². The van der Waals surface area contributed by atoms with Crippen molar-refractivity contribution < 1.29 is 23.8 Å². The highest BCUT2D eigenvalue weighted by Crippen LogP contribution is 2.12. The largest absolute Gasteiger partial charge is 0.497 e. The normalized spacial score (nSPS) is 9.46. The molecule has 0 saturated heterocycles. The predicted molar refractivity (Wildman–Crippen MR) is 95.1 cm³/mol. The Labute approximate surface area is 145 Å². The molecule has 138 valence electrons. The fourth-order valence-electron chi connectivity index (χ4n) is 1.38. The lowest BCUT2D eigenvalue weighted by molar-refractivity contribution is -0.137. The van der Waals surface area contributed by atoms with Crippen LogP contribution in [0.25, 0.3) is 0 Å². The van der Waals surface area contributed by atoms with Gasteiger partial charge >= 0.3 is 12.1 Å². The summed E-state index contributed by atoms with van der Waals surface area (Å²) < 4.78 is 13.7. The van der Waals surface area contributed by atoms with E-state index in [9.17, 15) is 9.59 Å². The average molecular weight is 341 g/mol. The summed E-state index contributed by atoms with van der Waals surface area (Å²) in [5, 5.41) is 0. The van der Waals surface area contributed by atoms with Crippen molar-refractivity contribution in [2.24, 2.45) is 5.73 Å². The highest BCUT2D eigenvalue weighted by molar-refractivity contribution is 5.65. The van der Waals surface area contributed by atoms with Crippen LogP contribution < -0.4 is 10.5 Å². The molecular formula is C18H31NO5. The van der Waals surface area contributed by atoms with Crippen molar-refractivity contribution in [3.8, 4) is 5.75 Å². The molecule has 0 atom stereocenters. The molecule has 0 heterocycles. The second-order valence-electron chi connectivity index (χ2n) is 5.83. The third kappa shape index (κ3) is 17.8. The Morgan fingerprint density at radius 1 is 1.08 bits per heavy atom. The minimum atomic E-state index is -0.725. The number of nitrogens with two attached hydrogens (primary N) is 1. The van der Waals surface area contributed by atoms with Gasteiger partial charge in [-0.3, -0.25) is 4.79 Å². The van der Waals surface area contributed by atoms with Crippen molar-refractivity contribution in [3.05, 3.63) is 29.8 Å². The van der Waals surface area contributed by atoms with Crippen LogP contribution in [-0.4, -0.2) is 31.9 Å². The zero-order valence-corrected chi connectivity index (χ0v) is 15.8. The van der Waals surface area contributed by atoms with E-state index in [2.05, 4.69) is 28.5 Å². The van der Waals surface area contributed by atoms with Crippen LogP contribution >= 0.6 is 0 Å². The Morgan fingerprint density at radius 2 is 1.54 bits per heavy atom. The lowest BCUT2D eigenvalue weighted by Crippen LogP contribution is -2.27. The van der Waals surface area contributed by atoms with Gasteiger partial charge in [-0.05, 0) is 44.9 Å². The van der Waals surface area contributed by atoms with Gasteiger partial charge in [-0.2, -0.15) is 0 Å². The van der Waals surface area contributed by atoms with E-state index < -0.39 is 11.7 Å². The molecular weight excluding hydrogens is 310 g/mol. The van der Waals surface area contributed by atoms with Crippen molar-refractivity contribution in [3.63, 3.8) is 0 Å². The summed E-state index contributed by atoms with van der Waals surface area (Å²) in [5.74, 6) is 0.690. The van der Waals surface area contributed by atoms with Gasteiger partial charge in [0.1, 0.15) is 11.4 Å². The molecule has 0 fully saturated rings. The first-order valence-corrected chi connectivity index (χ1v) is 7.71. The summed E-state index contributed by atoms with van der Waals surface area (Å²) in [6.07, 6.45) is 1.63. The second kappa shape index (κ2) is 13.2. The molecule has 6 nitrogen and oxygen atoms in total. The van der Waals surface area contributed by atoms with Crippen molar-refractivity contribution >= 4 is 12.1 Å². The standard InChI is InChI=1S/C10H14O.C5H11NO2.C3H6O2/c1-3-4-9-5-7-10(11-2)8-6-9;1-5(2,3)8-4(6)7;1-3(4)5-2/h5-8H,3-4H2,1-2H3;1-3H3,(H2,6,7);1-2H3. The number of ether oxygens (including phenoxy) is 3. The number of benzene rings is 1. The van der Waals surface area contributed by atoms with Crippen LogP contribution in [0.2, 0.25) is 0 Å². The maximum Gasteiger partial charge on any atom is 0.405 e. The highest BCUT2D eigenvalue weighted by Gasteiger charge is 2.12. The van der Waals surface area contributed by atoms with E-state index >= 15 is 0 Å². The van der Waals surface area contributed by atoms with Gasteiger partial charge in [0.2, 0.25) is 0 Å². The van der Waals surface area contributed by atoms with Gasteiger partial charge in [0.05, 0.1) is 14.2 Å². The first-order chi connectivity index (χ1) is 11.1. The fourth-order valence-corrected chi connectivity index (χ4v) is 1.38. The van der Waals surface area contributed by atoms with Crippen molar-refractivity contribution in [1.29, 1.82) is 0 Å². The lowest BCUT2D eigenvalue weighted by atomic mass is 10.1. The van der Waals surface area contributed by atoms with Crippen LogP contribution in [0.4, 0.5) is 4.79 Å². The zero-order valence-electron chi connectivity index (χ0n) is 15.8. The minimum Gasteiger partial charge on any atom is -0.497 e. The Morgan fingerprint density at radius 3 is 1.75 bits per heavy atom. The van der Waals surface area contributed by atoms with Crippen LogP contribution in [0.15, 0.2) is 24.3 Å². The number of hydrogen-bond acceptors (Lipinski definition) is 5. The number of carbonyl (C=O) groups is 2. The predicted octanol–water partition coefficient (Wildman–Crippen LogP) is 3.71. The van der Waals surface area contributed by atoms with Crippen molar-refractivity contribution in [1.82, 2.24) is 0 Å². The summed E-state index contributed by atoms with van der Waals surface area (Å²) in [5.41, 5.74) is 5.65.